The molecule has 2 N–H and O–H groups in total. The van der Waals surface area contributed by atoms with E-state index in [2.05, 4.69) is 20.6 Å². The van der Waals surface area contributed by atoms with Crippen LogP contribution in [0.15, 0.2) is 6.07 Å². The van der Waals surface area contributed by atoms with Gasteiger partial charge in [0.15, 0.2) is 0 Å². The standard InChI is InChI=1S/C14H23F3N4/c1-6-7-18-10-8-11(19-9(2)13(3,4)5)21-12(20-10)14(15,16)17/h8-9H,6-7H2,1-5H3,(H2,18,19,20,21). The van der Waals surface area contributed by atoms with E-state index in [1.807, 2.05) is 34.6 Å². The first-order chi connectivity index (χ1) is 9.54. The van der Waals surface area contributed by atoms with E-state index in [0.29, 0.717) is 6.54 Å². The van der Waals surface area contributed by atoms with Crippen molar-refractivity contribution in [2.75, 3.05) is 17.2 Å². The van der Waals surface area contributed by atoms with Crippen molar-refractivity contribution in [1.29, 1.82) is 0 Å². The van der Waals surface area contributed by atoms with Crippen molar-refractivity contribution >= 4 is 11.6 Å². The van der Waals surface area contributed by atoms with Crippen LogP contribution in [0.4, 0.5) is 24.8 Å². The zero-order chi connectivity index (χ0) is 16.3. The molecule has 1 aromatic rings. The minimum absolute atomic E-state index is 0.0347. The summed E-state index contributed by atoms with van der Waals surface area (Å²) in [6.45, 7) is 10.4. The zero-order valence-electron chi connectivity index (χ0n) is 13.1. The maximum atomic E-state index is 12.9. The van der Waals surface area contributed by atoms with Crippen molar-refractivity contribution in [2.24, 2.45) is 5.41 Å². The fourth-order valence-corrected chi connectivity index (χ4v) is 1.43. The molecule has 0 amide bonds. The topological polar surface area (TPSA) is 49.8 Å². The van der Waals surface area contributed by atoms with E-state index in [-0.39, 0.29) is 23.1 Å². The van der Waals surface area contributed by atoms with Gasteiger partial charge < -0.3 is 10.6 Å². The molecular formula is C14H23F3N4. The van der Waals surface area contributed by atoms with Crippen LogP contribution in [0.25, 0.3) is 0 Å². The Balaban J connectivity index is 3.07. The van der Waals surface area contributed by atoms with Crippen LogP contribution in [-0.4, -0.2) is 22.6 Å². The molecule has 21 heavy (non-hydrogen) atoms. The summed E-state index contributed by atoms with van der Waals surface area (Å²) < 4.78 is 38.6. The maximum Gasteiger partial charge on any atom is 0.451 e. The van der Waals surface area contributed by atoms with Crippen LogP contribution in [0.1, 0.15) is 46.9 Å². The van der Waals surface area contributed by atoms with E-state index in [0.717, 1.165) is 6.42 Å². The van der Waals surface area contributed by atoms with Crippen LogP contribution in [0.2, 0.25) is 0 Å². The van der Waals surface area contributed by atoms with E-state index in [9.17, 15) is 13.2 Å². The number of halogens is 3. The Morgan fingerprint density at radius 3 is 2.19 bits per heavy atom. The number of hydrogen-bond acceptors (Lipinski definition) is 4. The lowest BCUT2D eigenvalue weighted by Gasteiger charge is -2.28. The molecule has 4 nitrogen and oxygen atoms in total. The Hall–Kier alpha value is -1.53. The molecule has 1 unspecified atom stereocenters. The van der Waals surface area contributed by atoms with Crippen LogP contribution in [0, 0.1) is 5.41 Å². The Morgan fingerprint density at radius 1 is 1.14 bits per heavy atom. The van der Waals surface area contributed by atoms with E-state index >= 15 is 0 Å². The second-order valence-electron chi connectivity index (χ2n) is 6.12. The highest BCUT2D eigenvalue weighted by Crippen LogP contribution is 2.29. The fourth-order valence-electron chi connectivity index (χ4n) is 1.43. The summed E-state index contributed by atoms with van der Waals surface area (Å²) in [5.41, 5.74) is -0.0969. The molecule has 1 rings (SSSR count). The fraction of sp³-hybridized carbons (Fsp3) is 0.714. The molecule has 1 atom stereocenters. The largest absolute Gasteiger partial charge is 0.451 e. The third-order valence-electron chi connectivity index (χ3n) is 3.20. The second kappa shape index (κ2) is 6.49. The summed E-state index contributed by atoms with van der Waals surface area (Å²) in [4.78, 5) is 7.10. The average molecular weight is 304 g/mol. The number of aromatic nitrogens is 2. The molecule has 1 aromatic heterocycles. The van der Waals surface area contributed by atoms with Crippen molar-refractivity contribution in [3.8, 4) is 0 Å². The van der Waals surface area contributed by atoms with Crippen LogP contribution < -0.4 is 10.6 Å². The van der Waals surface area contributed by atoms with Crippen molar-refractivity contribution in [2.45, 2.75) is 53.3 Å². The summed E-state index contributed by atoms with van der Waals surface area (Å²) in [5, 5.41) is 5.89. The second-order valence-corrected chi connectivity index (χ2v) is 6.12. The van der Waals surface area contributed by atoms with Gasteiger partial charge in [0.25, 0.3) is 0 Å². The smallest absolute Gasteiger partial charge is 0.370 e. The van der Waals surface area contributed by atoms with Gasteiger partial charge in [0.1, 0.15) is 11.6 Å². The number of nitrogens with zero attached hydrogens (tertiary/aromatic N) is 2. The molecule has 0 saturated carbocycles. The van der Waals surface area contributed by atoms with Gasteiger partial charge in [0, 0.05) is 18.7 Å². The highest BCUT2D eigenvalue weighted by molar-refractivity contribution is 5.48. The average Bonchev–Trinajstić information content (AvgIpc) is 2.34. The molecular weight excluding hydrogens is 281 g/mol. The van der Waals surface area contributed by atoms with Gasteiger partial charge in [0.05, 0.1) is 0 Å². The molecule has 120 valence electrons. The van der Waals surface area contributed by atoms with Crippen molar-refractivity contribution in [3.63, 3.8) is 0 Å². The summed E-state index contributed by atoms with van der Waals surface area (Å²) in [5.74, 6) is -0.770. The van der Waals surface area contributed by atoms with Crippen LogP contribution in [-0.2, 0) is 6.18 Å². The van der Waals surface area contributed by atoms with Gasteiger partial charge >= 0.3 is 6.18 Å². The molecule has 0 spiro atoms. The van der Waals surface area contributed by atoms with E-state index in [1.165, 1.54) is 6.07 Å². The van der Waals surface area contributed by atoms with Crippen LogP contribution in [0.3, 0.4) is 0 Å². The summed E-state index contributed by atoms with van der Waals surface area (Å²) in [6, 6.07) is 1.47. The van der Waals surface area contributed by atoms with Crippen molar-refractivity contribution < 1.29 is 13.2 Å². The quantitative estimate of drug-likeness (QED) is 0.857. The SMILES string of the molecule is CCCNc1cc(NC(C)C(C)(C)C)nc(C(F)(F)F)n1. The van der Waals surface area contributed by atoms with E-state index < -0.39 is 12.0 Å². The Morgan fingerprint density at radius 2 is 1.71 bits per heavy atom. The predicted molar refractivity (Wildman–Crippen MR) is 78.4 cm³/mol. The number of rotatable bonds is 5. The Labute approximate surface area is 123 Å². The van der Waals surface area contributed by atoms with Gasteiger partial charge in [-0.2, -0.15) is 13.2 Å². The first kappa shape index (κ1) is 17.5. The van der Waals surface area contributed by atoms with Gasteiger partial charge in [-0.25, -0.2) is 9.97 Å². The van der Waals surface area contributed by atoms with Crippen molar-refractivity contribution in [1.82, 2.24) is 9.97 Å². The Bertz CT molecular complexity index is 466. The number of nitrogens with one attached hydrogen (secondary N) is 2. The molecule has 0 bridgehead atoms. The van der Waals surface area contributed by atoms with E-state index in [4.69, 9.17) is 0 Å². The van der Waals surface area contributed by atoms with Gasteiger partial charge in [-0.3, -0.25) is 0 Å². The molecule has 0 aliphatic carbocycles. The highest BCUT2D eigenvalue weighted by Gasteiger charge is 2.35. The first-order valence-electron chi connectivity index (χ1n) is 7.00. The normalized spacial score (nSPS) is 13.9. The minimum atomic E-state index is -4.56. The van der Waals surface area contributed by atoms with Gasteiger partial charge in [-0.15, -0.1) is 0 Å². The van der Waals surface area contributed by atoms with Crippen LogP contribution >= 0.6 is 0 Å². The summed E-state index contributed by atoms with van der Waals surface area (Å²) in [6.07, 6.45) is -3.77. The lowest BCUT2D eigenvalue weighted by atomic mass is 9.88. The van der Waals surface area contributed by atoms with Crippen molar-refractivity contribution in [3.05, 3.63) is 11.9 Å². The number of anilines is 2. The van der Waals surface area contributed by atoms with E-state index in [1.54, 1.807) is 0 Å². The number of alkyl halides is 3. The lowest BCUT2D eigenvalue weighted by molar-refractivity contribution is -0.144. The minimum Gasteiger partial charge on any atom is -0.370 e. The van der Waals surface area contributed by atoms with Gasteiger partial charge in [-0.05, 0) is 18.8 Å². The molecule has 0 aliphatic heterocycles. The molecule has 0 fully saturated rings. The Kier molecular flexibility index (Phi) is 5.42. The molecule has 0 aromatic carbocycles. The monoisotopic (exact) mass is 304 g/mol. The van der Waals surface area contributed by atoms with Gasteiger partial charge in [0.2, 0.25) is 5.82 Å². The third kappa shape index (κ3) is 5.40. The molecule has 0 saturated heterocycles. The zero-order valence-corrected chi connectivity index (χ0v) is 13.1. The maximum absolute atomic E-state index is 12.9. The predicted octanol–water partition coefficient (Wildman–Crippen LogP) is 4.16. The third-order valence-corrected chi connectivity index (χ3v) is 3.20. The molecule has 0 radical (unpaired) electrons. The molecule has 1 heterocycles. The summed E-state index contributed by atoms with van der Waals surface area (Å²) in [7, 11) is 0. The van der Waals surface area contributed by atoms with Gasteiger partial charge in [-0.1, -0.05) is 27.7 Å². The number of hydrogen-bond donors (Lipinski definition) is 2. The lowest BCUT2D eigenvalue weighted by Crippen LogP contribution is -2.31. The molecule has 7 heteroatoms. The highest BCUT2D eigenvalue weighted by atomic mass is 19.4. The molecule has 0 aliphatic rings. The summed E-state index contributed by atoms with van der Waals surface area (Å²) >= 11 is 0. The van der Waals surface area contributed by atoms with Crippen LogP contribution in [0.5, 0.6) is 0 Å². The first-order valence-corrected chi connectivity index (χ1v) is 7.00.